The van der Waals surface area contributed by atoms with Crippen molar-refractivity contribution < 1.29 is 9.53 Å². The molecule has 0 aliphatic carbocycles. The number of likely N-dealkylation sites (tertiary alicyclic amines) is 1. The molecule has 1 unspecified atom stereocenters. The highest BCUT2D eigenvalue weighted by atomic mass is 16.5. The van der Waals surface area contributed by atoms with Gasteiger partial charge in [0.1, 0.15) is 6.10 Å². The maximum absolute atomic E-state index is 12.2. The maximum atomic E-state index is 12.2. The third kappa shape index (κ3) is 4.68. The van der Waals surface area contributed by atoms with Crippen molar-refractivity contribution in [2.45, 2.75) is 25.4 Å². The fraction of sp³-hybridized carbons (Fsp3) is 0.389. The molecule has 6 heteroatoms. The van der Waals surface area contributed by atoms with Crippen molar-refractivity contribution in [2.24, 2.45) is 0 Å². The quantitative estimate of drug-likeness (QED) is 0.827. The molecule has 1 aromatic carbocycles. The fourth-order valence-corrected chi connectivity index (χ4v) is 2.77. The molecule has 1 aliphatic rings. The molecule has 2 amide bonds. The largest absolute Gasteiger partial charge is 0.471 e. The molecule has 3 rings (SSSR count). The summed E-state index contributed by atoms with van der Waals surface area (Å²) in [5.41, 5.74) is 1.30. The van der Waals surface area contributed by atoms with Crippen LogP contribution < -0.4 is 10.1 Å². The maximum Gasteiger partial charge on any atom is 0.317 e. The second kappa shape index (κ2) is 8.29. The van der Waals surface area contributed by atoms with Gasteiger partial charge >= 0.3 is 6.03 Å². The van der Waals surface area contributed by atoms with E-state index < -0.39 is 0 Å². The summed E-state index contributed by atoms with van der Waals surface area (Å²) < 4.78 is 5.74. The first-order valence-electron chi connectivity index (χ1n) is 8.32. The molecular formula is C18H22N4O2. The summed E-state index contributed by atoms with van der Waals surface area (Å²) in [5, 5.41) is 10.7. The first-order chi connectivity index (χ1) is 11.8. The monoisotopic (exact) mass is 326 g/mol. The number of rotatable bonds is 6. The minimum atomic E-state index is -0.0201. The van der Waals surface area contributed by atoms with Gasteiger partial charge in [0.2, 0.25) is 5.88 Å². The third-order valence-corrected chi connectivity index (χ3v) is 4.03. The predicted octanol–water partition coefficient (Wildman–Crippen LogP) is 2.27. The molecule has 1 aliphatic heterocycles. The van der Waals surface area contributed by atoms with Crippen molar-refractivity contribution in [3.8, 4) is 5.88 Å². The average molecular weight is 326 g/mol. The molecule has 0 radical (unpaired) electrons. The molecular weight excluding hydrogens is 304 g/mol. The molecule has 1 fully saturated rings. The summed E-state index contributed by atoms with van der Waals surface area (Å²) in [6.45, 7) is 1.97. The van der Waals surface area contributed by atoms with Gasteiger partial charge in [0.25, 0.3) is 0 Å². The lowest BCUT2D eigenvalue weighted by Gasteiger charge is -2.17. The normalized spacial score (nSPS) is 16.8. The van der Waals surface area contributed by atoms with Crippen molar-refractivity contribution in [1.29, 1.82) is 0 Å². The van der Waals surface area contributed by atoms with Crippen molar-refractivity contribution in [1.82, 2.24) is 20.4 Å². The first-order valence-corrected chi connectivity index (χ1v) is 8.32. The van der Waals surface area contributed by atoms with E-state index in [9.17, 15) is 4.79 Å². The van der Waals surface area contributed by atoms with Gasteiger partial charge in [-0.15, -0.1) is 5.10 Å². The summed E-state index contributed by atoms with van der Waals surface area (Å²) in [6.07, 6.45) is 4.31. The Kier molecular flexibility index (Phi) is 5.61. The lowest BCUT2D eigenvalue weighted by atomic mass is 10.1. The molecule has 6 nitrogen and oxygen atoms in total. The minimum Gasteiger partial charge on any atom is -0.471 e. The number of ether oxygens (including phenoxy) is 1. The molecule has 126 valence electrons. The Hall–Kier alpha value is -2.63. The van der Waals surface area contributed by atoms with Crippen LogP contribution in [0.2, 0.25) is 0 Å². The number of amides is 2. The van der Waals surface area contributed by atoms with Crippen LogP contribution in [0.1, 0.15) is 18.4 Å². The van der Waals surface area contributed by atoms with Crippen molar-refractivity contribution in [2.75, 3.05) is 19.6 Å². The van der Waals surface area contributed by atoms with E-state index in [1.165, 1.54) is 5.56 Å². The number of aryl methyl sites for hydroxylation is 1. The van der Waals surface area contributed by atoms with Crippen LogP contribution in [-0.4, -0.2) is 46.9 Å². The number of nitrogens with one attached hydrogen (secondary N) is 1. The highest BCUT2D eigenvalue weighted by Gasteiger charge is 2.27. The van der Waals surface area contributed by atoms with Crippen LogP contribution in [0.25, 0.3) is 0 Å². The first kappa shape index (κ1) is 16.2. The number of carbonyl (C=O) groups excluding carboxylic acids is 1. The zero-order valence-electron chi connectivity index (χ0n) is 13.6. The number of hydrogen-bond acceptors (Lipinski definition) is 4. The number of aromatic nitrogens is 2. The molecule has 1 N–H and O–H groups in total. The van der Waals surface area contributed by atoms with Gasteiger partial charge in [0.15, 0.2) is 0 Å². The molecule has 1 aromatic heterocycles. The van der Waals surface area contributed by atoms with Crippen LogP contribution in [0, 0.1) is 0 Å². The van der Waals surface area contributed by atoms with Crippen LogP contribution >= 0.6 is 0 Å². The average Bonchev–Trinajstić information content (AvgIpc) is 3.09. The topological polar surface area (TPSA) is 67.4 Å². The minimum absolute atomic E-state index is 0.0169. The molecule has 0 bridgehead atoms. The number of nitrogens with zero attached hydrogens (tertiary/aromatic N) is 3. The van der Waals surface area contributed by atoms with E-state index in [0.717, 1.165) is 19.3 Å². The number of benzene rings is 1. The van der Waals surface area contributed by atoms with Gasteiger partial charge in [-0.25, -0.2) is 4.79 Å². The van der Waals surface area contributed by atoms with Gasteiger partial charge in [-0.2, -0.15) is 5.10 Å². The summed E-state index contributed by atoms with van der Waals surface area (Å²) in [6, 6.07) is 13.8. The lowest BCUT2D eigenvalue weighted by molar-refractivity contribution is 0.182. The van der Waals surface area contributed by atoms with E-state index in [1.54, 1.807) is 23.2 Å². The van der Waals surface area contributed by atoms with E-state index in [0.29, 0.717) is 25.5 Å². The number of urea groups is 1. The van der Waals surface area contributed by atoms with E-state index >= 15 is 0 Å². The highest BCUT2D eigenvalue weighted by Crippen LogP contribution is 2.15. The van der Waals surface area contributed by atoms with E-state index in [4.69, 9.17) is 4.74 Å². The van der Waals surface area contributed by atoms with Crippen LogP contribution in [0.3, 0.4) is 0 Å². The van der Waals surface area contributed by atoms with Crippen molar-refractivity contribution in [3.05, 3.63) is 54.2 Å². The summed E-state index contributed by atoms with van der Waals surface area (Å²) in [5.74, 6) is 0.507. The zero-order chi connectivity index (χ0) is 16.6. The predicted molar refractivity (Wildman–Crippen MR) is 90.8 cm³/mol. The van der Waals surface area contributed by atoms with Crippen LogP contribution in [0.4, 0.5) is 4.79 Å². The van der Waals surface area contributed by atoms with E-state index in [-0.39, 0.29) is 12.1 Å². The van der Waals surface area contributed by atoms with Crippen LogP contribution in [0.5, 0.6) is 5.88 Å². The van der Waals surface area contributed by atoms with Gasteiger partial charge < -0.3 is 15.0 Å². The SMILES string of the molecule is O=C(NCCCc1ccccc1)N1CCC(Oc2cccnn2)C1. The second-order valence-electron chi connectivity index (χ2n) is 5.86. The highest BCUT2D eigenvalue weighted by molar-refractivity contribution is 5.74. The van der Waals surface area contributed by atoms with Crippen molar-refractivity contribution in [3.63, 3.8) is 0 Å². The summed E-state index contributed by atoms with van der Waals surface area (Å²) >= 11 is 0. The number of hydrogen-bond donors (Lipinski definition) is 1. The molecule has 2 aromatic rings. The molecule has 1 atom stereocenters. The molecule has 24 heavy (non-hydrogen) atoms. The van der Waals surface area contributed by atoms with Crippen LogP contribution in [-0.2, 0) is 6.42 Å². The van der Waals surface area contributed by atoms with Gasteiger partial charge in [-0.05, 0) is 24.5 Å². The fourth-order valence-electron chi connectivity index (χ4n) is 2.77. The zero-order valence-corrected chi connectivity index (χ0v) is 13.6. The Morgan fingerprint density at radius 1 is 1.25 bits per heavy atom. The van der Waals surface area contributed by atoms with Gasteiger partial charge in [0, 0.05) is 31.8 Å². The van der Waals surface area contributed by atoms with Crippen LogP contribution in [0.15, 0.2) is 48.7 Å². The van der Waals surface area contributed by atoms with E-state index in [1.807, 2.05) is 18.2 Å². The van der Waals surface area contributed by atoms with E-state index in [2.05, 4.69) is 27.6 Å². The Labute approximate surface area is 141 Å². The van der Waals surface area contributed by atoms with Crippen molar-refractivity contribution >= 4 is 6.03 Å². The smallest absolute Gasteiger partial charge is 0.317 e. The Morgan fingerprint density at radius 2 is 2.12 bits per heavy atom. The Balaban J connectivity index is 1.35. The Bertz CT molecular complexity index is 636. The molecule has 0 spiro atoms. The summed E-state index contributed by atoms with van der Waals surface area (Å²) in [4.78, 5) is 14.0. The summed E-state index contributed by atoms with van der Waals surface area (Å²) in [7, 11) is 0. The molecule has 0 saturated carbocycles. The van der Waals surface area contributed by atoms with Gasteiger partial charge in [0.05, 0.1) is 6.54 Å². The Morgan fingerprint density at radius 3 is 2.92 bits per heavy atom. The van der Waals surface area contributed by atoms with Gasteiger partial charge in [-0.3, -0.25) is 0 Å². The number of carbonyl (C=O) groups is 1. The van der Waals surface area contributed by atoms with Gasteiger partial charge in [-0.1, -0.05) is 30.3 Å². The molecule has 2 heterocycles. The molecule has 1 saturated heterocycles. The lowest BCUT2D eigenvalue weighted by Crippen LogP contribution is -2.39. The standard InChI is InChI=1S/C18H22N4O2/c23-18(19-11-4-8-15-6-2-1-3-7-15)22-13-10-16(14-22)24-17-9-5-12-20-21-17/h1-3,5-7,9,12,16H,4,8,10-11,13-14H2,(H,19,23). The second-order valence-corrected chi connectivity index (χ2v) is 5.86. The third-order valence-electron chi connectivity index (χ3n) is 4.03.